The molecule has 0 spiro atoms. The zero-order chi connectivity index (χ0) is 16.6. The maximum absolute atomic E-state index is 12.8. The molecule has 0 aromatic carbocycles. The van der Waals surface area contributed by atoms with Gasteiger partial charge in [-0.1, -0.05) is 12.8 Å². The molecule has 1 aromatic heterocycles. The average molecular weight is 339 g/mol. The van der Waals surface area contributed by atoms with Crippen LogP contribution in [-0.2, 0) is 17.1 Å². The summed E-state index contributed by atoms with van der Waals surface area (Å²) in [5.41, 5.74) is 1.04. The number of rotatable bonds is 4. The van der Waals surface area contributed by atoms with E-state index in [1.807, 2.05) is 0 Å². The summed E-state index contributed by atoms with van der Waals surface area (Å²) in [6.45, 7) is 2.90. The number of amides is 1. The first kappa shape index (κ1) is 16.5. The molecule has 1 aliphatic heterocycles. The minimum absolute atomic E-state index is 0.176. The zero-order valence-electron chi connectivity index (χ0n) is 13.8. The fourth-order valence-corrected chi connectivity index (χ4v) is 5.34. The highest BCUT2D eigenvalue weighted by molar-refractivity contribution is 7.89. The van der Waals surface area contributed by atoms with E-state index in [-0.39, 0.29) is 16.8 Å². The topological polar surface area (TPSA) is 71.4 Å². The predicted octanol–water partition coefficient (Wildman–Crippen LogP) is 1.79. The van der Waals surface area contributed by atoms with Crippen molar-refractivity contribution in [2.24, 2.45) is 7.05 Å². The average Bonchev–Trinajstić information content (AvgIpc) is 3.22. The summed E-state index contributed by atoms with van der Waals surface area (Å²) in [7, 11) is -1.75. The molecule has 2 aliphatic rings. The van der Waals surface area contributed by atoms with Crippen LogP contribution in [0.4, 0.5) is 0 Å². The molecular formula is C16H25N3O3S. The molecule has 1 aliphatic carbocycles. The fourth-order valence-electron chi connectivity index (χ4n) is 3.55. The van der Waals surface area contributed by atoms with Gasteiger partial charge in [0.25, 0.3) is 5.91 Å². The zero-order valence-corrected chi connectivity index (χ0v) is 14.7. The molecule has 1 aromatic rings. The van der Waals surface area contributed by atoms with Crippen LogP contribution in [-0.4, -0.2) is 42.3 Å². The highest BCUT2D eigenvalue weighted by atomic mass is 32.2. The van der Waals surface area contributed by atoms with Crippen LogP contribution in [0.2, 0.25) is 0 Å². The number of hydrogen-bond acceptors (Lipinski definition) is 3. The van der Waals surface area contributed by atoms with Crippen LogP contribution in [0.15, 0.2) is 11.0 Å². The van der Waals surface area contributed by atoms with Crippen LogP contribution in [0.25, 0.3) is 0 Å². The third-order valence-electron chi connectivity index (χ3n) is 5.09. The van der Waals surface area contributed by atoms with Crippen LogP contribution in [0.5, 0.6) is 0 Å². The third kappa shape index (κ3) is 3.04. The van der Waals surface area contributed by atoms with Crippen molar-refractivity contribution in [3.05, 3.63) is 17.5 Å². The Morgan fingerprint density at radius 1 is 1.17 bits per heavy atom. The van der Waals surface area contributed by atoms with Gasteiger partial charge in [0.05, 0.1) is 0 Å². The lowest BCUT2D eigenvalue weighted by molar-refractivity contribution is 0.0929. The molecule has 1 N–H and O–H groups in total. The lowest BCUT2D eigenvalue weighted by Crippen LogP contribution is -2.33. The molecule has 23 heavy (non-hydrogen) atoms. The molecule has 2 fully saturated rings. The summed E-state index contributed by atoms with van der Waals surface area (Å²) in [5.74, 6) is -0.176. The Morgan fingerprint density at radius 2 is 1.78 bits per heavy atom. The molecule has 6 nitrogen and oxygen atoms in total. The van der Waals surface area contributed by atoms with E-state index in [0.29, 0.717) is 24.5 Å². The number of carbonyl (C=O) groups is 1. The van der Waals surface area contributed by atoms with Crippen molar-refractivity contribution in [3.8, 4) is 0 Å². The number of nitrogens with zero attached hydrogens (tertiary/aromatic N) is 2. The summed E-state index contributed by atoms with van der Waals surface area (Å²) in [6, 6.07) is 1.75. The molecule has 128 valence electrons. The Morgan fingerprint density at radius 3 is 2.39 bits per heavy atom. The molecule has 0 unspecified atom stereocenters. The van der Waals surface area contributed by atoms with Crippen LogP contribution in [0.3, 0.4) is 0 Å². The van der Waals surface area contributed by atoms with Crippen molar-refractivity contribution >= 4 is 15.9 Å². The molecule has 1 saturated carbocycles. The van der Waals surface area contributed by atoms with Gasteiger partial charge in [-0.05, 0) is 38.7 Å². The van der Waals surface area contributed by atoms with Gasteiger partial charge in [-0.2, -0.15) is 4.31 Å². The van der Waals surface area contributed by atoms with Gasteiger partial charge in [0, 0.05) is 31.9 Å². The number of hydrogen-bond donors (Lipinski definition) is 1. The molecule has 1 amide bonds. The Hall–Kier alpha value is -1.34. The Bertz CT molecular complexity index is 696. The lowest BCUT2D eigenvalue weighted by Gasteiger charge is -2.15. The van der Waals surface area contributed by atoms with Crippen LogP contribution in [0.1, 0.15) is 54.7 Å². The largest absolute Gasteiger partial charge is 0.348 e. The van der Waals surface area contributed by atoms with E-state index in [2.05, 4.69) is 5.32 Å². The monoisotopic (exact) mass is 339 g/mol. The SMILES string of the molecule is Cc1c(S(=O)(=O)N2CCCC2)cc(C(=O)NC2CCCC2)n1C. The smallest absolute Gasteiger partial charge is 0.268 e. The molecule has 0 bridgehead atoms. The Labute approximate surface area is 137 Å². The minimum atomic E-state index is -3.50. The van der Waals surface area contributed by atoms with Gasteiger partial charge in [0.2, 0.25) is 10.0 Å². The van der Waals surface area contributed by atoms with Gasteiger partial charge >= 0.3 is 0 Å². The van der Waals surface area contributed by atoms with Crippen molar-refractivity contribution < 1.29 is 13.2 Å². The third-order valence-corrected chi connectivity index (χ3v) is 7.11. The van der Waals surface area contributed by atoms with Crippen molar-refractivity contribution in [3.63, 3.8) is 0 Å². The minimum Gasteiger partial charge on any atom is -0.348 e. The summed E-state index contributed by atoms with van der Waals surface area (Å²) >= 11 is 0. The van der Waals surface area contributed by atoms with Gasteiger partial charge in [-0.25, -0.2) is 8.42 Å². The van der Waals surface area contributed by atoms with E-state index in [1.165, 1.54) is 10.4 Å². The van der Waals surface area contributed by atoms with Crippen LogP contribution >= 0.6 is 0 Å². The van der Waals surface area contributed by atoms with Crippen molar-refractivity contribution in [1.29, 1.82) is 0 Å². The second kappa shape index (κ2) is 6.28. The summed E-state index contributed by atoms with van der Waals surface area (Å²) in [5, 5.41) is 3.03. The first-order valence-corrected chi connectivity index (χ1v) is 9.82. The van der Waals surface area contributed by atoms with Crippen molar-refractivity contribution in [1.82, 2.24) is 14.2 Å². The molecule has 2 heterocycles. The number of nitrogens with one attached hydrogen (secondary N) is 1. The van der Waals surface area contributed by atoms with E-state index in [1.54, 1.807) is 18.5 Å². The van der Waals surface area contributed by atoms with E-state index < -0.39 is 10.0 Å². The highest BCUT2D eigenvalue weighted by Gasteiger charge is 2.32. The van der Waals surface area contributed by atoms with Gasteiger partial charge in [0.15, 0.2) is 0 Å². The lowest BCUT2D eigenvalue weighted by atomic mass is 10.2. The first-order chi connectivity index (χ1) is 10.9. The van der Waals surface area contributed by atoms with Crippen molar-refractivity contribution in [2.45, 2.75) is 56.4 Å². The van der Waals surface area contributed by atoms with Gasteiger partial charge in [-0.15, -0.1) is 0 Å². The highest BCUT2D eigenvalue weighted by Crippen LogP contribution is 2.26. The fraction of sp³-hybridized carbons (Fsp3) is 0.688. The second-order valence-corrected chi connectivity index (χ2v) is 8.51. The van der Waals surface area contributed by atoms with Crippen LogP contribution in [0, 0.1) is 6.92 Å². The van der Waals surface area contributed by atoms with E-state index in [0.717, 1.165) is 38.5 Å². The van der Waals surface area contributed by atoms with E-state index in [9.17, 15) is 13.2 Å². The summed E-state index contributed by atoms with van der Waals surface area (Å²) in [6.07, 6.45) is 6.11. The van der Waals surface area contributed by atoms with E-state index in [4.69, 9.17) is 0 Å². The molecular weight excluding hydrogens is 314 g/mol. The quantitative estimate of drug-likeness (QED) is 0.909. The van der Waals surface area contributed by atoms with Gasteiger partial charge in [0.1, 0.15) is 10.6 Å². The maximum Gasteiger partial charge on any atom is 0.268 e. The molecule has 3 rings (SSSR count). The molecule has 0 atom stereocenters. The predicted molar refractivity (Wildman–Crippen MR) is 87.9 cm³/mol. The van der Waals surface area contributed by atoms with Gasteiger partial charge < -0.3 is 9.88 Å². The molecule has 7 heteroatoms. The number of sulfonamides is 1. The summed E-state index contributed by atoms with van der Waals surface area (Å²) < 4.78 is 28.7. The standard InChI is InChI=1S/C16H25N3O3S/c1-12-15(23(21,22)19-9-5-6-10-19)11-14(18(12)2)16(20)17-13-7-3-4-8-13/h11,13H,3-10H2,1-2H3,(H,17,20). The first-order valence-electron chi connectivity index (χ1n) is 8.38. The normalized spacial score (nSPS) is 20.3. The van der Waals surface area contributed by atoms with Gasteiger partial charge in [-0.3, -0.25) is 4.79 Å². The number of carbonyl (C=O) groups excluding carboxylic acids is 1. The van der Waals surface area contributed by atoms with Crippen LogP contribution < -0.4 is 5.32 Å². The maximum atomic E-state index is 12.8. The molecule has 0 radical (unpaired) electrons. The van der Waals surface area contributed by atoms with Crippen molar-refractivity contribution in [2.75, 3.05) is 13.1 Å². The Kier molecular flexibility index (Phi) is 4.51. The van der Waals surface area contributed by atoms with E-state index >= 15 is 0 Å². The summed E-state index contributed by atoms with van der Waals surface area (Å²) in [4.78, 5) is 12.8. The second-order valence-electron chi connectivity index (χ2n) is 6.60. The molecule has 1 saturated heterocycles. The number of aromatic nitrogens is 1. The Balaban J connectivity index is 1.87.